The van der Waals surface area contributed by atoms with Crippen LogP contribution in [0.3, 0.4) is 0 Å². The number of nitrogens with one attached hydrogen (secondary N) is 2. The van der Waals surface area contributed by atoms with Gasteiger partial charge in [0.15, 0.2) is 0 Å². The standard InChI is InChI=1S/C18H20N2OS/c1-11-14(12-5-3-2-4-6-12)10-17(22-11)18(21)20-16-9-13-7-8-15(16)19-13/h2-6,10,13,15-16,19H,7-9H2,1H3,(H,20,21). The highest BCUT2D eigenvalue weighted by Crippen LogP contribution is 2.32. The van der Waals surface area contributed by atoms with Gasteiger partial charge in [-0.05, 0) is 43.4 Å². The Morgan fingerprint density at radius 2 is 2.09 bits per heavy atom. The van der Waals surface area contributed by atoms with Gasteiger partial charge >= 0.3 is 0 Å². The van der Waals surface area contributed by atoms with Crippen LogP contribution in [0.15, 0.2) is 36.4 Å². The fraction of sp³-hybridized carbons (Fsp3) is 0.389. The highest BCUT2D eigenvalue weighted by molar-refractivity contribution is 7.14. The second kappa shape index (κ2) is 5.52. The van der Waals surface area contributed by atoms with Crippen LogP contribution in [-0.2, 0) is 0 Å². The minimum absolute atomic E-state index is 0.0784. The third-order valence-electron chi connectivity index (χ3n) is 4.84. The molecule has 4 rings (SSSR count). The summed E-state index contributed by atoms with van der Waals surface area (Å²) in [6.07, 6.45) is 3.52. The van der Waals surface area contributed by atoms with Crippen molar-refractivity contribution in [2.45, 2.75) is 44.3 Å². The van der Waals surface area contributed by atoms with Gasteiger partial charge in [0.2, 0.25) is 0 Å². The molecule has 2 N–H and O–H groups in total. The lowest BCUT2D eigenvalue weighted by atomic mass is 9.95. The summed E-state index contributed by atoms with van der Waals surface area (Å²) in [6, 6.07) is 13.7. The summed E-state index contributed by atoms with van der Waals surface area (Å²) in [4.78, 5) is 14.6. The molecule has 114 valence electrons. The van der Waals surface area contributed by atoms with Crippen molar-refractivity contribution in [3.05, 3.63) is 46.2 Å². The monoisotopic (exact) mass is 312 g/mol. The van der Waals surface area contributed by atoms with Crippen LogP contribution in [0.25, 0.3) is 11.1 Å². The van der Waals surface area contributed by atoms with Crippen molar-refractivity contribution in [3.8, 4) is 11.1 Å². The van der Waals surface area contributed by atoms with Gasteiger partial charge < -0.3 is 10.6 Å². The summed E-state index contributed by atoms with van der Waals surface area (Å²) < 4.78 is 0. The zero-order valence-corrected chi connectivity index (χ0v) is 13.5. The van der Waals surface area contributed by atoms with E-state index in [4.69, 9.17) is 0 Å². The fourth-order valence-corrected chi connectivity index (χ4v) is 4.67. The summed E-state index contributed by atoms with van der Waals surface area (Å²) in [6.45, 7) is 2.09. The summed E-state index contributed by atoms with van der Waals surface area (Å²) in [5.41, 5.74) is 2.35. The summed E-state index contributed by atoms with van der Waals surface area (Å²) in [5, 5.41) is 6.79. The molecule has 1 amide bonds. The zero-order chi connectivity index (χ0) is 15.1. The van der Waals surface area contributed by atoms with E-state index in [0.29, 0.717) is 18.1 Å². The topological polar surface area (TPSA) is 41.1 Å². The second-order valence-electron chi connectivity index (χ2n) is 6.31. The predicted octanol–water partition coefficient (Wildman–Crippen LogP) is 3.35. The highest BCUT2D eigenvalue weighted by atomic mass is 32.1. The normalized spacial score (nSPS) is 26.3. The Bertz CT molecular complexity index is 694. The van der Waals surface area contributed by atoms with Gasteiger partial charge in [0.1, 0.15) is 0 Å². The lowest BCUT2D eigenvalue weighted by Crippen LogP contribution is -2.42. The number of carbonyl (C=O) groups is 1. The van der Waals surface area contributed by atoms with E-state index in [2.05, 4.69) is 29.7 Å². The Morgan fingerprint density at radius 3 is 2.77 bits per heavy atom. The maximum Gasteiger partial charge on any atom is 0.261 e. The van der Waals surface area contributed by atoms with Crippen molar-refractivity contribution in [1.82, 2.24) is 10.6 Å². The molecule has 1 aromatic carbocycles. The van der Waals surface area contributed by atoms with Crippen LogP contribution < -0.4 is 10.6 Å². The third-order valence-corrected chi connectivity index (χ3v) is 5.89. The average Bonchev–Trinajstić information content (AvgIpc) is 3.23. The van der Waals surface area contributed by atoms with Gasteiger partial charge in [0.25, 0.3) is 5.91 Å². The smallest absolute Gasteiger partial charge is 0.261 e. The molecule has 2 bridgehead atoms. The summed E-state index contributed by atoms with van der Waals surface area (Å²) in [7, 11) is 0. The molecule has 3 atom stereocenters. The van der Waals surface area contributed by atoms with Crippen LogP contribution in [-0.4, -0.2) is 24.0 Å². The lowest BCUT2D eigenvalue weighted by Gasteiger charge is -2.20. The van der Waals surface area contributed by atoms with Crippen molar-refractivity contribution in [3.63, 3.8) is 0 Å². The Balaban J connectivity index is 1.52. The van der Waals surface area contributed by atoms with E-state index in [0.717, 1.165) is 11.3 Å². The molecule has 3 heterocycles. The van der Waals surface area contributed by atoms with E-state index in [1.54, 1.807) is 11.3 Å². The molecule has 2 aromatic rings. The Morgan fingerprint density at radius 1 is 1.27 bits per heavy atom. The SMILES string of the molecule is Cc1sc(C(=O)NC2CC3CCC2N3)cc1-c1ccccc1. The predicted molar refractivity (Wildman–Crippen MR) is 90.3 cm³/mol. The second-order valence-corrected chi connectivity index (χ2v) is 7.57. The van der Waals surface area contributed by atoms with E-state index < -0.39 is 0 Å². The van der Waals surface area contributed by atoms with Crippen LogP contribution in [0, 0.1) is 6.92 Å². The van der Waals surface area contributed by atoms with Crippen molar-refractivity contribution in [2.24, 2.45) is 0 Å². The first-order chi connectivity index (χ1) is 10.7. The molecule has 3 nitrogen and oxygen atoms in total. The number of hydrogen-bond acceptors (Lipinski definition) is 3. The van der Waals surface area contributed by atoms with Gasteiger partial charge in [-0.1, -0.05) is 30.3 Å². The van der Waals surface area contributed by atoms with Gasteiger partial charge in [-0.2, -0.15) is 0 Å². The fourth-order valence-electron chi connectivity index (χ4n) is 3.72. The summed E-state index contributed by atoms with van der Waals surface area (Å²) in [5.74, 6) is 0.0784. The maximum atomic E-state index is 12.5. The molecule has 2 saturated heterocycles. The number of fused-ring (bicyclic) bond motifs is 2. The largest absolute Gasteiger partial charge is 0.347 e. The van der Waals surface area contributed by atoms with Crippen LogP contribution in [0.1, 0.15) is 33.8 Å². The van der Waals surface area contributed by atoms with Gasteiger partial charge in [-0.3, -0.25) is 4.79 Å². The van der Waals surface area contributed by atoms with Gasteiger partial charge in [0.05, 0.1) is 4.88 Å². The van der Waals surface area contributed by atoms with Crippen molar-refractivity contribution < 1.29 is 4.79 Å². The number of carbonyl (C=O) groups excluding carboxylic acids is 1. The number of benzene rings is 1. The molecule has 3 unspecified atom stereocenters. The lowest BCUT2D eigenvalue weighted by molar-refractivity contribution is 0.0935. The third kappa shape index (κ3) is 2.46. The first-order valence-electron chi connectivity index (χ1n) is 7.93. The minimum atomic E-state index is 0.0784. The van der Waals surface area contributed by atoms with Crippen LogP contribution in [0.5, 0.6) is 0 Å². The minimum Gasteiger partial charge on any atom is -0.347 e. The molecular formula is C18H20N2OS. The van der Waals surface area contributed by atoms with Crippen LogP contribution >= 0.6 is 11.3 Å². The molecule has 0 aliphatic carbocycles. The van der Waals surface area contributed by atoms with Crippen molar-refractivity contribution >= 4 is 17.2 Å². The molecule has 2 aliphatic rings. The molecule has 1 aromatic heterocycles. The average molecular weight is 312 g/mol. The van der Waals surface area contributed by atoms with E-state index in [1.807, 2.05) is 24.3 Å². The molecule has 0 spiro atoms. The quantitative estimate of drug-likeness (QED) is 0.912. The summed E-state index contributed by atoms with van der Waals surface area (Å²) >= 11 is 1.59. The van der Waals surface area contributed by atoms with Gasteiger partial charge in [-0.25, -0.2) is 0 Å². The molecule has 2 aliphatic heterocycles. The number of aryl methyl sites for hydroxylation is 1. The Hall–Kier alpha value is -1.65. The van der Waals surface area contributed by atoms with E-state index >= 15 is 0 Å². The van der Waals surface area contributed by atoms with Crippen LogP contribution in [0.4, 0.5) is 0 Å². The molecule has 0 saturated carbocycles. The maximum absolute atomic E-state index is 12.5. The number of hydrogen-bond donors (Lipinski definition) is 2. The van der Waals surface area contributed by atoms with Crippen molar-refractivity contribution in [1.29, 1.82) is 0 Å². The Labute approximate surface area is 134 Å². The molecule has 22 heavy (non-hydrogen) atoms. The van der Waals surface area contributed by atoms with E-state index in [9.17, 15) is 4.79 Å². The molecular weight excluding hydrogens is 292 g/mol. The highest BCUT2D eigenvalue weighted by Gasteiger charge is 2.39. The number of thiophene rings is 1. The first kappa shape index (κ1) is 14.0. The number of amides is 1. The first-order valence-corrected chi connectivity index (χ1v) is 8.75. The van der Waals surface area contributed by atoms with E-state index in [-0.39, 0.29) is 5.91 Å². The number of rotatable bonds is 3. The molecule has 0 radical (unpaired) electrons. The van der Waals surface area contributed by atoms with Crippen molar-refractivity contribution in [2.75, 3.05) is 0 Å². The van der Waals surface area contributed by atoms with Gasteiger partial charge in [0, 0.05) is 23.0 Å². The van der Waals surface area contributed by atoms with Crippen LogP contribution in [0.2, 0.25) is 0 Å². The zero-order valence-electron chi connectivity index (χ0n) is 12.6. The molecule has 2 fully saturated rings. The Kier molecular flexibility index (Phi) is 3.51. The molecule has 4 heteroatoms. The van der Waals surface area contributed by atoms with Gasteiger partial charge in [-0.15, -0.1) is 11.3 Å². The van der Waals surface area contributed by atoms with E-state index in [1.165, 1.54) is 28.8 Å².